The zero-order chi connectivity index (χ0) is 22.2. The second-order valence-electron chi connectivity index (χ2n) is 7.54. The molecule has 2 N–H and O–H groups in total. The summed E-state index contributed by atoms with van der Waals surface area (Å²) in [6, 6.07) is 23.2. The molecular formula is C26H28N2O2S. The maximum atomic E-state index is 12.8. The first-order valence-corrected chi connectivity index (χ1v) is 11.3. The molecule has 31 heavy (non-hydrogen) atoms. The minimum Gasteiger partial charge on any atom is -0.326 e. The summed E-state index contributed by atoms with van der Waals surface area (Å²) in [4.78, 5) is 26.1. The van der Waals surface area contributed by atoms with E-state index in [2.05, 4.69) is 17.6 Å². The van der Waals surface area contributed by atoms with Crippen LogP contribution in [0.4, 0.5) is 11.4 Å². The molecule has 0 aliphatic heterocycles. The Bertz CT molecular complexity index is 1050. The van der Waals surface area contributed by atoms with Gasteiger partial charge in [-0.2, -0.15) is 0 Å². The molecule has 3 aromatic rings. The highest BCUT2D eigenvalue weighted by Gasteiger charge is 2.18. The lowest BCUT2D eigenvalue weighted by Crippen LogP contribution is -2.24. The van der Waals surface area contributed by atoms with E-state index in [-0.39, 0.29) is 17.1 Å². The molecule has 0 bridgehead atoms. The number of nitrogens with one attached hydrogen (secondary N) is 2. The molecule has 3 aromatic carbocycles. The zero-order valence-electron chi connectivity index (χ0n) is 18.1. The Balaban J connectivity index is 1.61. The van der Waals surface area contributed by atoms with Crippen LogP contribution in [0.5, 0.6) is 0 Å². The Kier molecular flexibility index (Phi) is 7.90. The van der Waals surface area contributed by atoms with Crippen molar-refractivity contribution in [2.24, 2.45) is 0 Å². The number of rotatable bonds is 8. The van der Waals surface area contributed by atoms with Gasteiger partial charge in [0.2, 0.25) is 11.8 Å². The van der Waals surface area contributed by atoms with Crippen molar-refractivity contribution in [2.45, 2.75) is 43.8 Å². The molecule has 3 rings (SSSR count). The quantitative estimate of drug-likeness (QED) is 0.430. The SMILES string of the molecule is CCC(Sc1cccc(NC(=O)Cc2ccccc2)c1)C(=O)Nc1ccc(C)c(C)c1. The van der Waals surface area contributed by atoms with Crippen LogP contribution in [0.25, 0.3) is 0 Å². The van der Waals surface area contributed by atoms with E-state index >= 15 is 0 Å². The van der Waals surface area contributed by atoms with Crippen molar-refractivity contribution >= 4 is 35.0 Å². The molecule has 0 radical (unpaired) electrons. The first-order chi connectivity index (χ1) is 14.9. The molecule has 0 aliphatic rings. The summed E-state index contributed by atoms with van der Waals surface area (Å²) in [5, 5.41) is 5.75. The normalized spacial score (nSPS) is 11.6. The number of hydrogen-bond donors (Lipinski definition) is 2. The van der Waals surface area contributed by atoms with Gasteiger partial charge in [0.1, 0.15) is 0 Å². The third-order valence-electron chi connectivity index (χ3n) is 5.04. The molecule has 0 heterocycles. The minimum absolute atomic E-state index is 0.0192. The van der Waals surface area contributed by atoms with E-state index in [1.54, 1.807) is 0 Å². The molecule has 2 amide bonds. The third kappa shape index (κ3) is 6.72. The largest absolute Gasteiger partial charge is 0.326 e. The number of anilines is 2. The molecule has 4 nitrogen and oxygen atoms in total. The van der Waals surface area contributed by atoms with Crippen LogP contribution >= 0.6 is 11.8 Å². The van der Waals surface area contributed by atoms with E-state index in [9.17, 15) is 9.59 Å². The van der Waals surface area contributed by atoms with Crippen LogP contribution in [0.2, 0.25) is 0 Å². The number of carbonyl (C=O) groups excluding carboxylic acids is 2. The van der Waals surface area contributed by atoms with Crippen LogP contribution in [0.15, 0.2) is 77.7 Å². The summed E-state index contributed by atoms with van der Waals surface area (Å²) in [5.74, 6) is -0.0813. The van der Waals surface area contributed by atoms with Gasteiger partial charge in [-0.05, 0) is 67.3 Å². The predicted octanol–water partition coefficient (Wildman–Crippen LogP) is 5.99. The maximum absolute atomic E-state index is 12.8. The Hall–Kier alpha value is -3.05. The van der Waals surface area contributed by atoms with E-state index in [1.807, 2.05) is 86.6 Å². The highest BCUT2D eigenvalue weighted by Crippen LogP contribution is 2.29. The number of thioether (sulfide) groups is 1. The maximum Gasteiger partial charge on any atom is 0.237 e. The van der Waals surface area contributed by atoms with Crippen molar-refractivity contribution in [3.63, 3.8) is 0 Å². The molecule has 160 valence electrons. The average Bonchev–Trinajstić information content (AvgIpc) is 2.75. The standard InChI is InChI=1S/C26H28N2O2S/c1-4-24(26(30)28-22-14-13-18(2)19(3)15-22)31-23-12-8-11-21(17-23)27-25(29)16-20-9-6-5-7-10-20/h5-15,17,24H,4,16H2,1-3H3,(H,27,29)(H,28,30). The topological polar surface area (TPSA) is 58.2 Å². The lowest BCUT2D eigenvalue weighted by molar-refractivity contribution is -0.116. The van der Waals surface area contributed by atoms with Gasteiger partial charge >= 0.3 is 0 Å². The van der Waals surface area contributed by atoms with Gasteiger partial charge in [0, 0.05) is 16.3 Å². The van der Waals surface area contributed by atoms with Gasteiger partial charge in [-0.3, -0.25) is 9.59 Å². The number of benzene rings is 3. The van der Waals surface area contributed by atoms with Crippen LogP contribution in [-0.4, -0.2) is 17.1 Å². The molecular weight excluding hydrogens is 404 g/mol. The lowest BCUT2D eigenvalue weighted by atomic mass is 10.1. The van der Waals surface area contributed by atoms with Gasteiger partial charge in [0.05, 0.1) is 11.7 Å². The zero-order valence-corrected chi connectivity index (χ0v) is 19.0. The minimum atomic E-state index is -0.225. The van der Waals surface area contributed by atoms with Gasteiger partial charge < -0.3 is 10.6 Å². The fourth-order valence-corrected chi connectivity index (χ4v) is 4.18. The average molecular weight is 433 g/mol. The van der Waals surface area contributed by atoms with Gasteiger partial charge in [-0.1, -0.05) is 49.4 Å². The summed E-state index contributed by atoms with van der Waals surface area (Å²) in [6.45, 7) is 6.09. The Labute approximate surface area is 188 Å². The Morgan fingerprint density at radius 2 is 1.58 bits per heavy atom. The van der Waals surface area contributed by atoms with Crippen molar-refractivity contribution in [3.8, 4) is 0 Å². The number of aryl methyl sites for hydroxylation is 2. The predicted molar refractivity (Wildman–Crippen MR) is 130 cm³/mol. The number of amides is 2. The van der Waals surface area contributed by atoms with Gasteiger partial charge in [0.15, 0.2) is 0 Å². The molecule has 1 atom stereocenters. The van der Waals surface area contributed by atoms with E-state index in [1.165, 1.54) is 17.3 Å². The fourth-order valence-electron chi connectivity index (χ4n) is 3.16. The third-order valence-corrected chi connectivity index (χ3v) is 6.40. The molecule has 0 fully saturated rings. The summed E-state index contributed by atoms with van der Waals surface area (Å²) in [6.07, 6.45) is 1.03. The van der Waals surface area contributed by atoms with E-state index in [0.29, 0.717) is 12.8 Å². The Morgan fingerprint density at radius 3 is 2.29 bits per heavy atom. The second-order valence-corrected chi connectivity index (χ2v) is 8.82. The highest BCUT2D eigenvalue weighted by molar-refractivity contribution is 8.00. The summed E-state index contributed by atoms with van der Waals surface area (Å²) < 4.78 is 0. The smallest absolute Gasteiger partial charge is 0.237 e. The van der Waals surface area contributed by atoms with Gasteiger partial charge in [0.25, 0.3) is 0 Å². The van der Waals surface area contributed by atoms with E-state index < -0.39 is 0 Å². The van der Waals surface area contributed by atoms with Crippen molar-refractivity contribution in [2.75, 3.05) is 10.6 Å². The van der Waals surface area contributed by atoms with Crippen LogP contribution < -0.4 is 10.6 Å². The molecule has 0 aliphatic carbocycles. The first-order valence-electron chi connectivity index (χ1n) is 10.4. The van der Waals surface area contributed by atoms with Crippen molar-refractivity contribution in [3.05, 3.63) is 89.5 Å². The summed E-state index contributed by atoms with van der Waals surface area (Å²) in [5.41, 5.74) is 4.87. The number of carbonyl (C=O) groups is 2. The molecule has 0 saturated carbocycles. The van der Waals surface area contributed by atoms with Crippen molar-refractivity contribution < 1.29 is 9.59 Å². The summed E-state index contributed by atoms with van der Waals surface area (Å²) >= 11 is 1.51. The highest BCUT2D eigenvalue weighted by atomic mass is 32.2. The van der Waals surface area contributed by atoms with Gasteiger partial charge in [-0.15, -0.1) is 11.8 Å². The first kappa shape index (κ1) is 22.6. The molecule has 0 spiro atoms. The van der Waals surface area contributed by atoms with Crippen molar-refractivity contribution in [1.29, 1.82) is 0 Å². The van der Waals surface area contributed by atoms with Crippen LogP contribution in [0.1, 0.15) is 30.0 Å². The monoisotopic (exact) mass is 432 g/mol. The van der Waals surface area contributed by atoms with Gasteiger partial charge in [-0.25, -0.2) is 0 Å². The van der Waals surface area contributed by atoms with Crippen molar-refractivity contribution in [1.82, 2.24) is 0 Å². The number of hydrogen-bond acceptors (Lipinski definition) is 3. The molecule has 0 saturated heterocycles. The van der Waals surface area contributed by atoms with Crippen LogP contribution in [-0.2, 0) is 16.0 Å². The Morgan fingerprint density at radius 1 is 0.839 bits per heavy atom. The molecule has 5 heteroatoms. The second kappa shape index (κ2) is 10.8. The molecule has 0 aromatic heterocycles. The lowest BCUT2D eigenvalue weighted by Gasteiger charge is -2.16. The summed E-state index contributed by atoms with van der Waals surface area (Å²) in [7, 11) is 0. The fraction of sp³-hybridized carbons (Fsp3) is 0.231. The van der Waals surface area contributed by atoms with Crippen LogP contribution in [0.3, 0.4) is 0 Å². The van der Waals surface area contributed by atoms with E-state index in [4.69, 9.17) is 0 Å². The van der Waals surface area contributed by atoms with Crippen LogP contribution in [0, 0.1) is 13.8 Å². The molecule has 1 unspecified atom stereocenters. The van der Waals surface area contributed by atoms with E-state index in [0.717, 1.165) is 27.4 Å².